The van der Waals surface area contributed by atoms with Gasteiger partial charge in [-0.25, -0.2) is 19.5 Å². The number of aromatic nitrogens is 1. The van der Waals surface area contributed by atoms with Crippen molar-refractivity contribution in [3.8, 4) is 11.8 Å². The third-order valence-corrected chi connectivity index (χ3v) is 3.18. The number of allylic oxidation sites excluding steroid dienone is 1. The molecule has 1 aromatic carbocycles. The van der Waals surface area contributed by atoms with Crippen LogP contribution in [0.2, 0.25) is 0 Å². The first-order chi connectivity index (χ1) is 9.26. The van der Waals surface area contributed by atoms with Crippen molar-refractivity contribution in [2.24, 2.45) is 0 Å². The van der Waals surface area contributed by atoms with Crippen molar-refractivity contribution in [2.75, 3.05) is 13.3 Å². The first kappa shape index (κ1) is 13.0. The maximum Gasteiger partial charge on any atom is 0.264 e. The lowest BCUT2D eigenvalue weighted by atomic mass is 10.3. The van der Waals surface area contributed by atoms with Gasteiger partial charge in [0.05, 0.1) is 22.9 Å². The van der Waals surface area contributed by atoms with Crippen molar-refractivity contribution in [3.63, 3.8) is 0 Å². The standard InChI is InChI=1S/C13H8FN3OS/c1-16-9(8-15)6-13-17-11-3-2-10(18-5-4-14)7-12(11)19-13/h2-3,6-7H,4-5H2/b9-6-. The van der Waals surface area contributed by atoms with Crippen LogP contribution in [0.4, 0.5) is 4.39 Å². The minimum Gasteiger partial charge on any atom is -0.491 e. The molecule has 19 heavy (non-hydrogen) atoms. The Bertz CT molecular complexity index is 693. The maximum absolute atomic E-state index is 12.0. The van der Waals surface area contributed by atoms with Crippen LogP contribution in [0.1, 0.15) is 5.01 Å². The monoisotopic (exact) mass is 273 g/mol. The Labute approximate surface area is 113 Å². The summed E-state index contributed by atoms with van der Waals surface area (Å²) in [7, 11) is 0. The molecular weight excluding hydrogens is 265 g/mol. The molecule has 2 rings (SSSR count). The highest BCUT2D eigenvalue weighted by Gasteiger charge is 2.05. The van der Waals surface area contributed by atoms with Gasteiger partial charge in [-0.05, 0) is 24.3 Å². The highest BCUT2D eigenvalue weighted by Crippen LogP contribution is 2.27. The molecule has 1 aromatic heterocycles. The molecule has 0 unspecified atom stereocenters. The van der Waals surface area contributed by atoms with E-state index in [-0.39, 0.29) is 12.3 Å². The summed E-state index contributed by atoms with van der Waals surface area (Å²) in [4.78, 5) is 7.37. The van der Waals surface area contributed by atoms with Gasteiger partial charge in [-0.3, -0.25) is 0 Å². The molecule has 0 fully saturated rings. The Morgan fingerprint density at radius 2 is 2.47 bits per heavy atom. The van der Waals surface area contributed by atoms with E-state index in [1.54, 1.807) is 24.3 Å². The largest absolute Gasteiger partial charge is 0.491 e. The van der Waals surface area contributed by atoms with E-state index >= 15 is 0 Å². The van der Waals surface area contributed by atoms with Gasteiger partial charge >= 0.3 is 0 Å². The molecule has 0 spiro atoms. The van der Waals surface area contributed by atoms with Gasteiger partial charge < -0.3 is 4.74 Å². The van der Waals surface area contributed by atoms with E-state index in [0.29, 0.717) is 10.8 Å². The van der Waals surface area contributed by atoms with Crippen LogP contribution in [0.3, 0.4) is 0 Å². The van der Waals surface area contributed by atoms with E-state index < -0.39 is 6.67 Å². The topological polar surface area (TPSA) is 50.3 Å². The van der Waals surface area contributed by atoms with Crippen LogP contribution >= 0.6 is 11.3 Å². The van der Waals surface area contributed by atoms with E-state index in [9.17, 15) is 4.39 Å². The average Bonchev–Trinajstić information content (AvgIpc) is 2.84. The number of thiazole rings is 1. The van der Waals surface area contributed by atoms with Gasteiger partial charge in [0.25, 0.3) is 5.70 Å². The van der Waals surface area contributed by atoms with Crippen molar-refractivity contribution in [3.05, 3.63) is 40.3 Å². The van der Waals surface area contributed by atoms with E-state index in [2.05, 4.69) is 9.83 Å². The molecule has 0 atom stereocenters. The van der Waals surface area contributed by atoms with Gasteiger partial charge in [0.1, 0.15) is 24.0 Å². The minimum absolute atomic E-state index is 0.00652. The smallest absolute Gasteiger partial charge is 0.264 e. The SMILES string of the molecule is [C-]#[N+]/C(C#N)=C\c1nc2ccc(OCCF)cc2s1. The van der Waals surface area contributed by atoms with Crippen LogP contribution in [-0.4, -0.2) is 18.3 Å². The first-order valence-electron chi connectivity index (χ1n) is 5.35. The number of nitrogens with zero attached hydrogens (tertiary/aromatic N) is 3. The van der Waals surface area contributed by atoms with Crippen molar-refractivity contribution in [2.45, 2.75) is 0 Å². The summed E-state index contributed by atoms with van der Waals surface area (Å²) >= 11 is 1.35. The molecule has 6 heteroatoms. The fourth-order valence-corrected chi connectivity index (χ4v) is 2.37. The highest BCUT2D eigenvalue weighted by atomic mass is 32.1. The van der Waals surface area contributed by atoms with Crippen molar-refractivity contribution < 1.29 is 9.13 Å². The third kappa shape index (κ3) is 3.06. The first-order valence-corrected chi connectivity index (χ1v) is 6.17. The molecule has 0 aliphatic heterocycles. The normalized spacial score (nSPS) is 11.0. The lowest BCUT2D eigenvalue weighted by Crippen LogP contribution is -1.97. The quantitative estimate of drug-likeness (QED) is 0.633. The predicted molar refractivity (Wildman–Crippen MR) is 71.3 cm³/mol. The maximum atomic E-state index is 12.0. The van der Waals surface area contributed by atoms with E-state index in [1.165, 1.54) is 17.4 Å². The van der Waals surface area contributed by atoms with Crippen molar-refractivity contribution >= 4 is 27.6 Å². The zero-order chi connectivity index (χ0) is 13.7. The van der Waals surface area contributed by atoms with Crippen LogP contribution in [0.25, 0.3) is 21.1 Å². The summed E-state index contributed by atoms with van der Waals surface area (Å²) in [6.07, 6.45) is 1.44. The fraction of sp³-hybridized carbons (Fsp3) is 0.154. The number of fused-ring (bicyclic) bond motifs is 1. The molecule has 1 heterocycles. The molecule has 0 saturated heterocycles. The van der Waals surface area contributed by atoms with Crippen LogP contribution in [0.5, 0.6) is 5.75 Å². The van der Waals surface area contributed by atoms with Gasteiger partial charge in [0, 0.05) is 0 Å². The molecule has 0 bridgehead atoms. The van der Waals surface area contributed by atoms with E-state index in [4.69, 9.17) is 16.6 Å². The molecule has 94 valence electrons. The van der Waals surface area contributed by atoms with E-state index in [0.717, 1.165) is 10.2 Å². The van der Waals surface area contributed by atoms with Crippen molar-refractivity contribution in [1.29, 1.82) is 5.26 Å². The van der Waals surface area contributed by atoms with Crippen LogP contribution in [0, 0.1) is 17.9 Å². The van der Waals surface area contributed by atoms with Gasteiger partial charge in [-0.2, -0.15) is 0 Å². The molecule has 0 saturated carbocycles. The summed E-state index contributed by atoms with van der Waals surface area (Å²) in [5.74, 6) is 0.579. The lowest BCUT2D eigenvalue weighted by Gasteiger charge is -2.01. The summed E-state index contributed by atoms with van der Waals surface area (Å²) in [6.45, 7) is 6.29. The number of rotatable bonds is 4. The number of ether oxygens (including phenoxy) is 1. The summed E-state index contributed by atoms with van der Waals surface area (Å²) in [6, 6.07) is 7.04. The summed E-state index contributed by atoms with van der Waals surface area (Å²) in [5.41, 5.74) is 0.749. The Hall–Kier alpha value is -2.44. The second-order valence-electron chi connectivity index (χ2n) is 3.47. The Morgan fingerprint density at radius 1 is 1.63 bits per heavy atom. The highest BCUT2D eigenvalue weighted by molar-refractivity contribution is 7.19. The molecule has 0 aliphatic carbocycles. The zero-order valence-electron chi connectivity index (χ0n) is 9.76. The average molecular weight is 273 g/mol. The van der Waals surface area contributed by atoms with Gasteiger partial charge in [0.2, 0.25) is 0 Å². The molecule has 2 aromatic rings. The predicted octanol–water partition coefficient (Wildman–Crippen LogP) is 3.43. The lowest BCUT2D eigenvalue weighted by molar-refractivity contribution is 0.273. The Balaban J connectivity index is 2.34. The number of hydrogen-bond acceptors (Lipinski definition) is 4. The van der Waals surface area contributed by atoms with Crippen LogP contribution in [0.15, 0.2) is 23.9 Å². The number of alkyl halides is 1. The van der Waals surface area contributed by atoms with E-state index in [1.807, 2.05) is 0 Å². The molecule has 0 radical (unpaired) electrons. The summed E-state index contributed by atoms with van der Waals surface area (Å²) < 4.78 is 18.1. The third-order valence-electron chi connectivity index (χ3n) is 2.22. The van der Waals surface area contributed by atoms with Gasteiger partial charge in [-0.1, -0.05) is 0 Å². The number of benzene rings is 1. The number of halogens is 1. The van der Waals surface area contributed by atoms with Gasteiger partial charge in [0.15, 0.2) is 0 Å². The molecular formula is C13H8FN3OS. The van der Waals surface area contributed by atoms with Crippen LogP contribution < -0.4 is 4.74 Å². The van der Waals surface area contributed by atoms with Gasteiger partial charge in [-0.15, -0.1) is 11.3 Å². The second-order valence-corrected chi connectivity index (χ2v) is 4.53. The number of nitriles is 1. The number of hydrogen-bond donors (Lipinski definition) is 0. The fourth-order valence-electron chi connectivity index (χ4n) is 1.44. The molecule has 0 aliphatic rings. The molecule has 4 nitrogen and oxygen atoms in total. The molecule has 0 amide bonds. The molecule has 0 N–H and O–H groups in total. The van der Waals surface area contributed by atoms with Crippen molar-refractivity contribution in [1.82, 2.24) is 4.98 Å². The summed E-state index contributed by atoms with van der Waals surface area (Å²) in [5, 5.41) is 9.28. The minimum atomic E-state index is -0.536. The Morgan fingerprint density at radius 3 is 3.16 bits per heavy atom. The second kappa shape index (κ2) is 5.94. The zero-order valence-corrected chi connectivity index (χ0v) is 10.6. The Kier molecular flexibility index (Phi) is 4.07. The van der Waals surface area contributed by atoms with Crippen LogP contribution in [-0.2, 0) is 0 Å².